The molecule has 0 aliphatic heterocycles. The van der Waals surface area contributed by atoms with Gasteiger partial charge in [-0.05, 0) is 23.8 Å². The molecule has 2 aromatic rings. The summed E-state index contributed by atoms with van der Waals surface area (Å²) >= 11 is 0. The number of H-pyrrole nitrogens is 1. The second-order valence-corrected chi connectivity index (χ2v) is 3.58. The van der Waals surface area contributed by atoms with Gasteiger partial charge >= 0.3 is 5.97 Å². The number of aromatic amines is 1. The molecule has 0 aliphatic carbocycles. The molecule has 2 heterocycles. The fourth-order valence-electron chi connectivity index (χ4n) is 1.51. The Bertz CT molecular complexity index is 590. The summed E-state index contributed by atoms with van der Waals surface area (Å²) in [5.41, 5.74) is 1.14. The number of carbonyl (C=O) groups is 1. The molecule has 0 amide bonds. The fourth-order valence-corrected chi connectivity index (χ4v) is 1.51. The summed E-state index contributed by atoms with van der Waals surface area (Å²) in [7, 11) is 0. The highest BCUT2D eigenvalue weighted by Crippen LogP contribution is 2.06. The highest BCUT2D eigenvalue weighted by atomic mass is 16.4. The van der Waals surface area contributed by atoms with E-state index in [9.17, 15) is 9.59 Å². The van der Waals surface area contributed by atoms with Crippen molar-refractivity contribution in [3.8, 4) is 0 Å². The number of pyridine rings is 2. The molecule has 0 radical (unpaired) electrons. The number of carboxylic acid groups (broad SMARTS) is 1. The standard InChI is InChI=1S/C12H10N2O3/c15-11-9(5-8-1-3-13-4-2-8)6-10(7-14-11)12(16)17/h1-4,6-7H,5H2,(H,14,15)(H,16,17). The predicted molar refractivity (Wildman–Crippen MR) is 61.1 cm³/mol. The van der Waals surface area contributed by atoms with Gasteiger partial charge in [-0.1, -0.05) is 0 Å². The van der Waals surface area contributed by atoms with Gasteiger partial charge in [0, 0.05) is 30.6 Å². The van der Waals surface area contributed by atoms with E-state index in [2.05, 4.69) is 9.97 Å². The number of nitrogens with zero attached hydrogens (tertiary/aromatic N) is 1. The molecule has 0 aliphatic rings. The molecule has 0 unspecified atom stereocenters. The molecule has 5 heteroatoms. The lowest BCUT2D eigenvalue weighted by atomic mass is 10.1. The highest BCUT2D eigenvalue weighted by Gasteiger charge is 2.07. The first-order valence-electron chi connectivity index (χ1n) is 5.00. The molecule has 0 saturated heterocycles. The molecule has 2 N–H and O–H groups in total. The number of aromatic nitrogens is 2. The van der Waals surface area contributed by atoms with Crippen LogP contribution in [0.3, 0.4) is 0 Å². The van der Waals surface area contributed by atoms with E-state index in [0.717, 1.165) is 5.56 Å². The average Bonchev–Trinajstić information content (AvgIpc) is 2.33. The Labute approximate surface area is 96.8 Å². The van der Waals surface area contributed by atoms with Crippen molar-refractivity contribution in [3.05, 3.63) is 63.8 Å². The van der Waals surface area contributed by atoms with Crippen LogP contribution in [0.5, 0.6) is 0 Å². The number of nitrogens with one attached hydrogen (secondary N) is 1. The topological polar surface area (TPSA) is 83.0 Å². The molecule has 0 saturated carbocycles. The van der Waals surface area contributed by atoms with Crippen LogP contribution >= 0.6 is 0 Å². The summed E-state index contributed by atoms with van der Waals surface area (Å²) in [6.07, 6.45) is 4.84. The Balaban J connectivity index is 2.36. The Hall–Kier alpha value is -2.43. The zero-order chi connectivity index (χ0) is 12.3. The third kappa shape index (κ3) is 2.57. The predicted octanol–water partition coefficient (Wildman–Crippen LogP) is 1.06. The van der Waals surface area contributed by atoms with E-state index >= 15 is 0 Å². The van der Waals surface area contributed by atoms with Crippen LogP contribution in [0.15, 0.2) is 41.6 Å². The first-order valence-corrected chi connectivity index (χ1v) is 5.00. The van der Waals surface area contributed by atoms with Gasteiger partial charge in [0.15, 0.2) is 0 Å². The minimum absolute atomic E-state index is 0.0775. The molecule has 0 spiro atoms. The summed E-state index contributed by atoms with van der Waals surface area (Å²) in [6, 6.07) is 4.96. The Kier molecular flexibility index (Phi) is 3.00. The number of hydrogen-bond acceptors (Lipinski definition) is 3. The van der Waals surface area contributed by atoms with E-state index < -0.39 is 5.97 Å². The highest BCUT2D eigenvalue weighted by molar-refractivity contribution is 5.87. The van der Waals surface area contributed by atoms with Crippen molar-refractivity contribution < 1.29 is 9.90 Å². The maximum absolute atomic E-state index is 11.5. The van der Waals surface area contributed by atoms with Gasteiger partial charge in [0.05, 0.1) is 5.56 Å². The minimum Gasteiger partial charge on any atom is -0.478 e. The molecule has 5 nitrogen and oxygen atoms in total. The van der Waals surface area contributed by atoms with E-state index in [1.165, 1.54) is 12.3 Å². The van der Waals surface area contributed by atoms with Crippen LogP contribution in [-0.2, 0) is 6.42 Å². The Morgan fingerprint density at radius 2 is 2.06 bits per heavy atom. The van der Waals surface area contributed by atoms with Gasteiger partial charge in [-0.2, -0.15) is 0 Å². The molecule has 0 aromatic carbocycles. The van der Waals surface area contributed by atoms with Crippen LogP contribution in [-0.4, -0.2) is 21.0 Å². The van der Waals surface area contributed by atoms with Gasteiger partial charge in [0.25, 0.3) is 5.56 Å². The van der Waals surface area contributed by atoms with Gasteiger partial charge in [0.1, 0.15) is 0 Å². The molecule has 0 bridgehead atoms. The molecule has 2 rings (SSSR count). The first-order chi connectivity index (χ1) is 8.16. The third-order valence-electron chi connectivity index (χ3n) is 2.37. The van der Waals surface area contributed by atoms with Crippen LogP contribution < -0.4 is 5.56 Å². The first kappa shape index (κ1) is 11.1. The van der Waals surface area contributed by atoms with E-state index in [1.54, 1.807) is 24.5 Å². The normalized spacial score (nSPS) is 10.1. The van der Waals surface area contributed by atoms with Crippen molar-refractivity contribution >= 4 is 5.97 Å². The maximum atomic E-state index is 11.5. The second kappa shape index (κ2) is 4.61. The number of aromatic carboxylic acids is 1. The monoisotopic (exact) mass is 230 g/mol. The lowest BCUT2D eigenvalue weighted by molar-refractivity contribution is 0.0696. The Morgan fingerprint density at radius 3 is 2.71 bits per heavy atom. The minimum atomic E-state index is -1.06. The molecule has 17 heavy (non-hydrogen) atoms. The zero-order valence-corrected chi connectivity index (χ0v) is 8.88. The summed E-state index contributed by atoms with van der Waals surface area (Å²) in [5.74, 6) is -1.06. The number of carboxylic acids is 1. The van der Waals surface area contributed by atoms with Gasteiger partial charge < -0.3 is 10.1 Å². The van der Waals surface area contributed by atoms with E-state index in [4.69, 9.17) is 5.11 Å². The van der Waals surface area contributed by atoms with Crippen molar-refractivity contribution in [2.24, 2.45) is 0 Å². The van der Waals surface area contributed by atoms with Crippen LogP contribution in [0.2, 0.25) is 0 Å². The smallest absolute Gasteiger partial charge is 0.337 e. The number of rotatable bonds is 3. The number of hydrogen-bond donors (Lipinski definition) is 2. The Morgan fingerprint density at radius 1 is 1.35 bits per heavy atom. The zero-order valence-electron chi connectivity index (χ0n) is 8.88. The van der Waals surface area contributed by atoms with E-state index in [1.807, 2.05) is 0 Å². The van der Waals surface area contributed by atoms with Crippen LogP contribution in [0.25, 0.3) is 0 Å². The molecular weight excluding hydrogens is 220 g/mol. The summed E-state index contributed by atoms with van der Waals surface area (Å²) in [5, 5.41) is 8.83. The van der Waals surface area contributed by atoms with Crippen LogP contribution in [0.4, 0.5) is 0 Å². The van der Waals surface area contributed by atoms with Crippen molar-refractivity contribution in [1.29, 1.82) is 0 Å². The SMILES string of the molecule is O=C(O)c1c[nH]c(=O)c(Cc2ccncc2)c1. The van der Waals surface area contributed by atoms with Crippen molar-refractivity contribution in [3.63, 3.8) is 0 Å². The molecular formula is C12H10N2O3. The van der Waals surface area contributed by atoms with Crippen LogP contribution in [0, 0.1) is 0 Å². The van der Waals surface area contributed by atoms with Crippen LogP contribution in [0.1, 0.15) is 21.5 Å². The van der Waals surface area contributed by atoms with E-state index in [0.29, 0.717) is 12.0 Å². The lowest BCUT2D eigenvalue weighted by Gasteiger charge is -2.01. The van der Waals surface area contributed by atoms with Gasteiger partial charge in [0.2, 0.25) is 0 Å². The molecule has 0 fully saturated rings. The third-order valence-corrected chi connectivity index (χ3v) is 2.37. The molecule has 2 aromatic heterocycles. The van der Waals surface area contributed by atoms with Gasteiger partial charge in [-0.15, -0.1) is 0 Å². The van der Waals surface area contributed by atoms with Gasteiger partial charge in [-0.25, -0.2) is 4.79 Å². The van der Waals surface area contributed by atoms with E-state index in [-0.39, 0.29) is 11.1 Å². The summed E-state index contributed by atoms with van der Waals surface area (Å²) in [6.45, 7) is 0. The molecule has 0 atom stereocenters. The van der Waals surface area contributed by atoms with Crippen molar-refractivity contribution in [2.45, 2.75) is 6.42 Å². The largest absolute Gasteiger partial charge is 0.478 e. The molecule has 86 valence electrons. The quantitative estimate of drug-likeness (QED) is 0.825. The van der Waals surface area contributed by atoms with Crippen molar-refractivity contribution in [2.75, 3.05) is 0 Å². The summed E-state index contributed by atoms with van der Waals surface area (Å²) < 4.78 is 0. The van der Waals surface area contributed by atoms with Crippen molar-refractivity contribution in [1.82, 2.24) is 9.97 Å². The second-order valence-electron chi connectivity index (χ2n) is 3.58. The fraction of sp³-hybridized carbons (Fsp3) is 0.0833. The van der Waals surface area contributed by atoms with Gasteiger partial charge in [-0.3, -0.25) is 9.78 Å². The lowest BCUT2D eigenvalue weighted by Crippen LogP contribution is -2.14. The average molecular weight is 230 g/mol. The summed E-state index contributed by atoms with van der Waals surface area (Å²) in [4.78, 5) is 28.6. The maximum Gasteiger partial charge on any atom is 0.337 e.